The van der Waals surface area contributed by atoms with Crippen molar-refractivity contribution >= 4 is 22.0 Å². The third-order valence-electron chi connectivity index (χ3n) is 2.70. The van der Waals surface area contributed by atoms with Crippen molar-refractivity contribution in [3.05, 3.63) is 16.4 Å². The molecule has 1 rings (SSSR count). The van der Waals surface area contributed by atoms with E-state index in [0.717, 1.165) is 4.47 Å². The van der Waals surface area contributed by atoms with E-state index >= 15 is 0 Å². The molecule has 20 heavy (non-hydrogen) atoms. The maximum absolute atomic E-state index is 11.8. The third kappa shape index (κ3) is 4.79. The number of aliphatic hydroxyl groups excluding tert-OH is 1. The molecule has 1 heterocycles. The van der Waals surface area contributed by atoms with Gasteiger partial charge in [-0.2, -0.15) is 5.10 Å². The number of aliphatic hydroxyl groups is 1. The Kier molecular flexibility index (Phi) is 5.59. The van der Waals surface area contributed by atoms with E-state index in [-0.39, 0.29) is 0 Å². The molecule has 1 N–H and O–H groups in total. The number of carbonyl (C=O) groups excluding carboxylic acids is 1. The van der Waals surface area contributed by atoms with Crippen LogP contribution < -0.4 is 0 Å². The predicted molar refractivity (Wildman–Crippen MR) is 79.3 cm³/mol. The average molecular weight is 348 g/mol. The van der Waals surface area contributed by atoms with Crippen LogP contribution in [0, 0.1) is 0 Å². The smallest absolute Gasteiger partial charge is 0.410 e. The van der Waals surface area contributed by atoms with Crippen LogP contribution in [0.3, 0.4) is 0 Å². The fraction of sp³-hybridized carbons (Fsp3) is 0.692. The molecule has 1 amide bonds. The Morgan fingerprint density at radius 2 is 2.20 bits per heavy atom. The maximum Gasteiger partial charge on any atom is 0.410 e. The molecule has 1 aromatic heterocycles. The summed E-state index contributed by atoms with van der Waals surface area (Å²) in [5.74, 6) is 0. The molecule has 1 atom stereocenters. The molecule has 0 saturated carbocycles. The molecule has 0 bridgehead atoms. The molecule has 0 aliphatic heterocycles. The summed E-state index contributed by atoms with van der Waals surface area (Å²) in [6, 6.07) is 0. The van der Waals surface area contributed by atoms with E-state index in [1.54, 1.807) is 25.0 Å². The number of hydrogen-bond donors (Lipinski definition) is 1. The predicted octanol–water partition coefficient (Wildman–Crippen LogP) is 2.47. The topological polar surface area (TPSA) is 67.6 Å². The lowest BCUT2D eigenvalue weighted by atomic mass is 10.2. The first-order valence-corrected chi connectivity index (χ1v) is 7.20. The summed E-state index contributed by atoms with van der Waals surface area (Å²) in [6.45, 7) is 5.86. The van der Waals surface area contributed by atoms with Crippen LogP contribution >= 0.6 is 15.9 Å². The van der Waals surface area contributed by atoms with Gasteiger partial charge in [-0.05, 0) is 43.1 Å². The second kappa shape index (κ2) is 6.58. The molecule has 0 aliphatic carbocycles. The van der Waals surface area contributed by atoms with Gasteiger partial charge in [-0.15, -0.1) is 0 Å². The van der Waals surface area contributed by atoms with Gasteiger partial charge < -0.3 is 14.7 Å². The Bertz CT molecular complexity index is 448. The normalized spacial score (nSPS) is 13.2. The molecule has 1 unspecified atom stereocenters. The number of hydrogen-bond acceptors (Lipinski definition) is 4. The van der Waals surface area contributed by atoms with Crippen LogP contribution in [0.4, 0.5) is 4.79 Å². The zero-order chi connectivity index (χ0) is 15.5. The standard InChI is InChI=1S/C13H22BrN3O3/c1-13(2,3)20-12(19)16(4)7-6-10(18)11-9(14)8-15-17(11)5/h8,10,18H,6-7H2,1-5H3. The number of halogens is 1. The highest BCUT2D eigenvalue weighted by molar-refractivity contribution is 9.10. The number of ether oxygens (including phenoxy) is 1. The van der Waals surface area contributed by atoms with E-state index in [4.69, 9.17) is 4.74 Å². The molecule has 0 aromatic carbocycles. The molecule has 0 radical (unpaired) electrons. The van der Waals surface area contributed by atoms with Crippen LogP contribution in [-0.4, -0.2) is 45.1 Å². The molecular weight excluding hydrogens is 326 g/mol. The first kappa shape index (κ1) is 17.0. The molecule has 0 fully saturated rings. The summed E-state index contributed by atoms with van der Waals surface area (Å²) in [4.78, 5) is 13.2. The molecule has 1 aromatic rings. The van der Waals surface area contributed by atoms with E-state index in [1.165, 1.54) is 4.90 Å². The van der Waals surface area contributed by atoms with Crippen molar-refractivity contribution in [3.8, 4) is 0 Å². The highest BCUT2D eigenvalue weighted by Crippen LogP contribution is 2.25. The van der Waals surface area contributed by atoms with Crippen molar-refractivity contribution in [1.29, 1.82) is 0 Å². The van der Waals surface area contributed by atoms with Crippen LogP contribution in [0.15, 0.2) is 10.7 Å². The minimum Gasteiger partial charge on any atom is -0.444 e. The summed E-state index contributed by atoms with van der Waals surface area (Å²) >= 11 is 3.34. The molecule has 7 heteroatoms. The average Bonchev–Trinajstić information content (AvgIpc) is 2.63. The van der Waals surface area contributed by atoms with Crippen LogP contribution in [0.2, 0.25) is 0 Å². The fourth-order valence-electron chi connectivity index (χ4n) is 1.68. The van der Waals surface area contributed by atoms with Crippen LogP contribution in [0.5, 0.6) is 0 Å². The Hall–Kier alpha value is -1.08. The van der Waals surface area contributed by atoms with Gasteiger partial charge in [0.25, 0.3) is 0 Å². The fourth-order valence-corrected chi connectivity index (χ4v) is 2.29. The van der Waals surface area contributed by atoms with Gasteiger partial charge in [0.15, 0.2) is 0 Å². The largest absolute Gasteiger partial charge is 0.444 e. The lowest BCUT2D eigenvalue weighted by molar-refractivity contribution is 0.0271. The van der Waals surface area contributed by atoms with E-state index in [1.807, 2.05) is 20.8 Å². The van der Waals surface area contributed by atoms with Gasteiger partial charge in [0.05, 0.1) is 22.5 Å². The first-order valence-electron chi connectivity index (χ1n) is 6.41. The first-order chi connectivity index (χ1) is 9.11. The molecular formula is C13H22BrN3O3. The lowest BCUT2D eigenvalue weighted by Crippen LogP contribution is -2.35. The number of aryl methyl sites for hydroxylation is 1. The summed E-state index contributed by atoms with van der Waals surface area (Å²) < 4.78 is 7.62. The highest BCUT2D eigenvalue weighted by Gasteiger charge is 2.21. The van der Waals surface area contributed by atoms with Crippen molar-refractivity contribution < 1.29 is 14.6 Å². The number of rotatable bonds is 4. The minimum atomic E-state index is -0.693. The van der Waals surface area contributed by atoms with E-state index in [2.05, 4.69) is 21.0 Å². The van der Waals surface area contributed by atoms with E-state index in [9.17, 15) is 9.90 Å². The Labute approximate surface area is 127 Å². The quantitative estimate of drug-likeness (QED) is 0.908. The van der Waals surface area contributed by atoms with Crippen LogP contribution in [-0.2, 0) is 11.8 Å². The number of aromatic nitrogens is 2. The SMILES string of the molecule is CN(CCC(O)c1c(Br)cnn1C)C(=O)OC(C)(C)C. The van der Waals surface area contributed by atoms with Gasteiger partial charge in [-0.25, -0.2) is 4.79 Å². The monoisotopic (exact) mass is 347 g/mol. The zero-order valence-corrected chi connectivity index (χ0v) is 14.1. The van der Waals surface area contributed by atoms with Crippen molar-refractivity contribution in [2.45, 2.75) is 38.9 Å². The third-order valence-corrected chi connectivity index (χ3v) is 3.31. The van der Waals surface area contributed by atoms with Crippen molar-refractivity contribution in [3.63, 3.8) is 0 Å². The van der Waals surface area contributed by atoms with Crippen molar-refractivity contribution in [2.24, 2.45) is 7.05 Å². The van der Waals surface area contributed by atoms with Gasteiger partial charge in [-0.3, -0.25) is 4.68 Å². The molecule has 0 aliphatic rings. The van der Waals surface area contributed by atoms with E-state index < -0.39 is 17.8 Å². The Morgan fingerprint density at radius 1 is 1.60 bits per heavy atom. The lowest BCUT2D eigenvalue weighted by Gasteiger charge is -2.25. The number of nitrogens with zero attached hydrogens (tertiary/aromatic N) is 3. The summed E-state index contributed by atoms with van der Waals surface area (Å²) in [5.41, 5.74) is 0.178. The number of carbonyl (C=O) groups is 1. The zero-order valence-electron chi connectivity index (χ0n) is 12.6. The summed E-state index contributed by atoms with van der Waals surface area (Å²) in [5, 5.41) is 14.2. The number of amides is 1. The Morgan fingerprint density at radius 3 is 2.65 bits per heavy atom. The maximum atomic E-state index is 11.8. The molecule has 114 valence electrons. The van der Waals surface area contributed by atoms with E-state index in [0.29, 0.717) is 18.7 Å². The van der Waals surface area contributed by atoms with Gasteiger partial charge in [0.2, 0.25) is 0 Å². The van der Waals surface area contributed by atoms with Crippen LogP contribution in [0.25, 0.3) is 0 Å². The molecule has 6 nitrogen and oxygen atoms in total. The van der Waals surface area contributed by atoms with Gasteiger partial charge in [0.1, 0.15) is 5.60 Å². The van der Waals surface area contributed by atoms with Gasteiger partial charge >= 0.3 is 6.09 Å². The highest BCUT2D eigenvalue weighted by atomic mass is 79.9. The van der Waals surface area contributed by atoms with Crippen LogP contribution in [0.1, 0.15) is 39.0 Å². The summed E-state index contributed by atoms with van der Waals surface area (Å²) in [6.07, 6.45) is 0.958. The summed E-state index contributed by atoms with van der Waals surface area (Å²) in [7, 11) is 3.42. The van der Waals surface area contributed by atoms with Gasteiger partial charge in [0, 0.05) is 20.6 Å². The minimum absolute atomic E-state index is 0.395. The Balaban J connectivity index is 2.53. The van der Waals surface area contributed by atoms with Gasteiger partial charge in [-0.1, -0.05) is 0 Å². The van der Waals surface area contributed by atoms with Crippen molar-refractivity contribution in [2.75, 3.05) is 13.6 Å². The van der Waals surface area contributed by atoms with Crippen molar-refractivity contribution in [1.82, 2.24) is 14.7 Å². The molecule has 0 saturated heterocycles. The second-order valence-corrected chi connectivity index (χ2v) is 6.56. The molecule has 0 spiro atoms. The second-order valence-electron chi connectivity index (χ2n) is 5.71.